The van der Waals surface area contributed by atoms with Crippen molar-refractivity contribution in [2.24, 2.45) is 0 Å². The van der Waals surface area contributed by atoms with Gasteiger partial charge in [0.15, 0.2) is 6.10 Å². The number of unbranched alkanes of at least 4 members (excludes halogenated alkanes) is 7. The predicted molar refractivity (Wildman–Crippen MR) is 242 cm³/mol. The van der Waals surface area contributed by atoms with Crippen LogP contribution >= 0.6 is 7.82 Å². The lowest BCUT2D eigenvalue weighted by molar-refractivity contribution is -0.161. The zero-order chi connectivity index (χ0) is 43.3. The Morgan fingerprint density at radius 3 is 1.39 bits per heavy atom. The van der Waals surface area contributed by atoms with Crippen LogP contribution in [0.1, 0.15) is 142 Å². The van der Waals surface area contributed by atoms with Gasteiger partial charge in [0, 0.05) is 12.8 Å². The van der Waals surface area contributed by atoms with Gasteiger partial charge in [0.1, 0.15) is 12.7 Å². The number of carbonyl (C=O) groups excluding carboxylic acids is 2. The van der Waals surface area contributed by atoms with E-state index >= 15 is 0 Å². The Kier molecular flexibility index (Phi) is 40.3. The van der Waals surface area contributed by atoms with Crippen molar-refractivity contribution in [1.82, 2.24) is 0 Å². The van der Waals surface area contributed by atoms with E-state index in [4.69, 9.17) is 19.1 Å². The number of carbonyl (C=O) groups is 2. The normalized spacial score (nSPS) is 14.9. The van der Waals surface area contributed by atoms with Crippen LogP contribution < -0.4 is 0 Å². The molecule has 0 amide bonds. The molecule has 0 heterocycles. The molecular weight excluding hydrogens is 767 g/mol. The summed E-state index contributed by atoms with van der Waals surface area (Å²) in [7, 11) is -4.65. The highest BCUT2D eigenvalue weighted by Crippen LogP contribution is 2.43. The van der Waals surface area contributed by atoms with Gasteiger partial charge in [0.05, 0.1) is 19.8 Å². The van der Waals surface area contributed by atoms with Crippen molar-refractivity contribution >= 4 is 19.8 Å². The first kappa shape index (κ1) is 55.6. The molecule has 59 heavy (non-hydrogen) atoms. The molecular formula is C48H77O10P. The molecule has 0 spiro atoms. The zero-order valence-corrected chi connectivity index (χ0v) is 37.1. The van der Waals surface area contributed by atoms with E-state index in [0.717, 1.165) is 89.9 Å². The molecule has 3 unspecified atom stereocenters. The Labute approximate surface area is 356 Å². The number of phosphoric ester groups is 1. The quantitative estimate of drug-likeness (QED) is 0.0236. The van der Waals surface area contributed by atoms with Gasteiger partial charge in [-0.25, -0.2) is 4.57 Å². The van der Waals surface area contributed by atoms with Gasteiger partial charge in [-0.15, -0.1) is 0 Å². The molecule has 0 rings (SSSR count). The summed E-state index contributed by atoms with van der Waals surface area (Å²) in [6.07, 6.45) is 53.5. The number of hydrogen-bond donors (Lipinski definition) is 3. The molecule has 3 N–H and O–H groups in total. The van der Waals surface area contributed by atoms with Crippen LogP contribution in [-0.4, -0.2) is 65.7 Å². The minimum Gasteiger partial charge on any atom is -0.462 e. The lowest BCUT2D eigenvalue weighted by Crippen LogP contribution is -2.29. The highest BCUT2D eigenvalue weighted by molar-refractivity contribution is 7.47. The van der Waals surface area contributed by atoms with Crippen molar-refractivity contribution in [2.45, 2.75) is 154 Å². The van der Waals surface area contributed by atoms with E-state index in [0.29, 0.717) is 12.8 Å². The topological polar surface area (TPSA) is 149 Å². The summed E-state index contributed by atoms with van der Waals surface area (Å²) in [4.78, 5) is 35.0. The fraction of sp³-hybridized carbons (Fsp3) is 0.583. The van der Waals surface area contributed by atoms with Crippen molar-refractivity contribution in [1.29, 1.82) is 0 Å². The van der Waals surface area contributed by atoms with Crippen LogP contribution in [0.25, 0.3) is 0 Å². The van der Waals surface area contributed by atoms with Crippen LogP contribution in [0.3, 0.4) is 0 Å². The largest absolute Gasteiger partial charge is 0.472 e. The van der Waals surface area contributed by atoms with Gasteiger partial charge in [0.25, 0.3) is 0 Å². The first-order valence-corrected chi connectivity index (χ1v) is 23.3. The van der Waals surface area contributed by atoms with Crippen molar-refractivity contribution in [2.75, 3.05) is 26.4 Å². The molecule has 0 aliphatic heterocycles. The minimum absolute atomic E-state index is 0.0499. The Bertz CT molecular complexity index is 1340. The van der Waals surface area contributed by atoms with Gasteiger partial charge in [-0.05, 0) is 83.5 Å². The molecule has 0 aromatic rings. The summed E-state index contributed by atoms with van der Waals surface area (Å²) in [5, 5.41) is 18.3. The number of aliphatic hydroxyl groups is 2. The van der Waals surface area contributed by atoms with E-state index in [9.17, 15) is 24.2 Å². The smallest absolute Gasteiger partial charge is 0.462 e. The average molecular weight is 845 g/mol. The van der Waals surface area contributed by atoms with Crippen molar-refractivity contribution in [3.05, 3.63) is 109 Å². The second-order valence-corrected chi connectivity index (χ2v) is 15.4. The molecule has 334 valence electrons. The van der Waals surface area contributed by atoms with E-state index in [1.54, 1.807) is 0 Å². The van der Waals surface area contributed by atoms with Crippen LogP contribution in [0.15, 0.2) is 109 Å². The lowest BCUT2D eigenvalue weighted by Gasteiger charge is -2.20. The Balaban J connectivity index is 4.45. The number of allylic oxidation sites excluding steroid dienone is 18. The molecule has 3 atom stereocenters. The molecule has 0 bridgehead atoms. The van der Waals surface area contributed by atoms with Crippen LogP contribution in [0.2, 0.25) is 0 Å². The summed E-state index contributed by atoms with van der Waals surface area (Å²) < 4.78 is 32.6. The lowest BCUT2D eigenvalue weighted by atomic mass is 10.1. The van der Waals surface area contributed by atoms with Gasteiger partial charge >= 0.3 is 19.8 Å². The third kappa shape index (κ3) is 42.6. The number of phosphoric acid groups is 1. The Morgan fingerprint density at radius 2 is 0.915 bits per heavy atom. The number of rotatable bonds is 39. The fourth-order valence-electron chi connectivity index (χ4n) is 5.15. The van der Waals surface area contributed by atoms with E-state index < -0.39 is 51.8 Å². The SMILES string of the molecule is CCC=CCC=CCC=CCC=CCC=CCC=CCCC(=O)OC(COC(=O)CCCCCCCCCC=CCC=CCC=CCC)COP(=O)(O)OCC(O)CO. The van der Waals surface area contributed by atoms with Gasteiger partial charge in [0.2, 0.25) is 0 Å². The van der Waals surface area contributed by atoms with E-state index in [1.807, 2.05) is 12.2 Å². The van der Waals surface area contributed by atoms with E-state index in [2.05, 4.69) is 116 Å². The molecule has 0 saturated carbocycles. The number of ether oxygens (including phenoxy) is 2. The summed E-state index contributed by atoms with van der Waals surface area (Å²) in [5.41, 5.74) is 0. The number of aliphatic hydroxyl groups excluding tert-OH is 2. The van der Waals surface area contributed by atoms with Crippen molar-refractivity contribution in [3.63, 3.8) is 0 Å². The van der Waals surface area contributed by atoms with Gasteiger partial charge < -0.3 is 24.6 Å². The third-order valence-corrected chi connectivity index (χ3v) is 9.39. The Morgan fingerprint density at radius 1 is 0.508 bits per heavy atom. The molecule has 0 radical (unpaired) electrons. The van der Waals surface area contributed by atoms with Crippen LogP contribution in [0.5, 0.6) is 0 Å². The standard InChI is InChI=1S/C48H77O10P/c1-3-5-7-9-11-13-15-17-19-21-22-24-26-28-30-32-34-36-38-40-48(52)58-46(44-57-59(53,54)56-42-45(50)41-49)43-55-47(51)39-37-35-33-31-29-27-25-23-20-18-16-14-12-10-8-6-4-2/h5-8,11-14,17-20,22,24,28,30,34,36,45-46,49-50H,3-4,9-10,15-16,21,23,25-27,29,31-33,35,37-44H2,1-2H3,(H,53,54). The maximum absolute atomic E-state index is 12.6. The van der Waals surface area contributed by atoms with Crippen LogP contribution in [-0.2, 0) is 32.7 Å². The molecule has 0 fully saturated rings. The number of hydrogen-bond acceptors (Lipinski definition) is 9. The second kappa shape index (κ2) is 42.7. The maximum Gasteiger partial charge on any atom is 0.472 e. The summed E-state index contributed by atoms with van der Waals surface area (Å²) in [5.74, 6) is -1.05. The molecule has 0 aromatic carbocycles. The molecule has 0 aromatic heterocycles. The molecule has 11 heteroatoms. The highest BCUT2D eigenvalue weighted by Gasteiger charge is 2.27. The molecule has 0 aliphatic carbocycles. The fourth-order valence-corrected chi connectivity index (χ4v) is 5.94. The van der Waals surface area contributed by atoms with E-state index in [-0.39, 0.29) is 19.4 Å². The molecule has 0 saturated heterocycles. The molecule has 0 aliphatic rings. The average Bonchev–Trinajstić information content (AvgIpc) is 3.22. The first-order chi connectivity index (χ1) is 28.7. The van der Waals surface area contributed by atoms with Gasteiger partial charge in [-0.1, -0.05) is 155 Å². The second-order valence-electron chi connectivity index (χ2n) is 14.0. The van der Waals surface area contributed by atoms with Crippen molar-refractivity contribution < 1.29 is 47.8 Å². The van der Waals surface area contributed by atoms with Crippen molar-refractivity contribution in [3.8, 4) is 0 Å². The minimum atomic E-state index is -4.65. The molecule has 10 nitrogen and oxygen atoms in total. The van der Waals surface area contributed by atoms with Gasteiger partial charge in [-0.3, -0.25) is 18.6 Å². The first-order valence-electron chi connectivity index (χ1n) is 21.8. The summed E-state index contributed by atoms with van der Waals surface area (Å²) in [6, 6.07) is 0. The van der Waals surface area contributed by atoms with E-state index in [1.165, 1.54) is 12.8 Å². The Hall–Kier alpha value is -3.37. The monoisotopic (exact) mass is 845 g/mol. The summed E-state index contributed by atoms with van der Waals surface area (Å²) in [6.45, 7) is 2.03. The predicted octanol–water partition coefficient (Wildman–Crippen LogP) is 11.8. The van der Waals surface area contributed by atoms with Crippen LogP contribution in [0.4, 0.5) is 0 Å². The zero-order valence-electron chi connectivity index (χ0n) is 36.2. The maximum atomic E-state index is 12.6. The number of esters is 2. The summed E-state index contributed by atoms with van der Waals surface area (Å²) >= 11 is 0. The van der Waals surface area contributed by atoms with Gasteiger partial charge in [-0.2, -0.15) is 0 Å². The third-order valence-electron chi connectivity index (χ3n) is 8.44. The highest BCUT2D eigenvalue weighted by atomic mass is 31.2. The van der Waals surface area contributed by atoms with Crippen LogP contribution in [0, 0.1) is 0 Å².